The molecule has 0 aliphatic carbocycles. The van der Waals surface area contributed by atoms with Gasteiger partial charge in [-0.05, 0) is 12.8 Å². The quantitative estimate of drug-likeness (QED) is 0.833. The highest BCUT2D eigenvalue weighted by Gasteiger charge is 2.31. The second-order valence-corrected chi connectivity index (χ2v) is 5.27. The van der Waals surface area contributed by atoms with Gasteiger partial charge in [-0.1, -0.05) is 25.4 Å². The van der Waals surface area contributed by atoms with E-state index in [1.54, 1.807) is 4.90 Å². The fraction of sp³-hybridized carbons (Fsp3) is 0.538. The number of hydrogen-bond donors (Lipinski definition) is 0. The van der Waals surface area contributed by atoms with Crippen LogP contribution in [0.15, 0.2) is 6.20 Å². The van der Waals surface area contributed by atoms with Crippen LogP contribution in [-0.4, -0.2) is 33.4 Å². The van der Waals surface area contributed by atoms with E-state index in [1.165, 1.54) is 6.20 Å². The first kappa shape index (κ1) is 13.8. The molecule has 0 aromatic carbocycles. The third-order valence-corrected chi connectivity index (χ3v) is 3.42. The van der Waals surface area contributed by atoms with E-state index in [4.69, 9.17) is 16.9 Å². The van der Waals surface area contributed by atoms with Crippen molar-refractivity contribution in [1.29, 1.82) is 5.26 Å². The molecular weight excluding hydrogens is 264 g/mol. The zero-order valence-electron chi connectivity index (χ0n) is 10.9. The summed E-state index contributed by atoms with van der Waals surface area (Å²) in [5, 5.41) is 9.27. The monoisotopic (exact) mass is 278 g/mol. The van der Waals surface area contributed by atoms with Crippen molar-refractivity contribution in [1.82, 2.24) is 14.9 Å². The van der Waals surface area contributed by atoms with Crippen molar-refractivity contribution in [2.24, 2.45) is 0 Å². The van der Waals surface area contributed by atoms with Gasteiger partial charge in [-0.2, -0.15) is 5.26 Å². The zero-order chi connectivity index (χ0) is 14.0. The molecule has 1 amide bonds. The summed E-state index contributed by atoms with van der Waals surface area (Å²) in [7, 11) is 0. The molecule has 0 bridgehead atoms. The predicted molar refractivity (Wildman–Crippen MR) is 70.8 cm³/mol. The molecule has 19 heavy (non-hydrogen) atoms. The molecule has 0 N–H and O–H groups in total. The first-order valence-electron chi connectivity index (χ1n) is 6.27. The maximum Gasteiger partial charge on any atom is 0.275 e. The van der Waals surface area contributed by atoms with E-state index in [0.29, 0.717) is 18.8 Å². The summed E-state index contributed by atoms with van der Waals surface area (Å²) in [5.41, 5.74) is 0.197. The standard InChI is InChI=1S/C13H15ClN4O/c1-8(2)12-16-7-10(14)11(17-12)13(19)18-5-3-4-9(18)6-15/h7-9H,3-5H2,1-2H3. The van der Waals surface area contributed by atoms with Gasteiger partial charge < -0.3 is 4.90 Å². The maximum absolute atomic E-state index is 12.4. The van der Waals surface area contributed by atoms with Crippen LogP contribution in [-0.2, 0) is 0 Å². The molecule has 0 radical (unpaired) electrons. The number of likely N-dealkylation sites (tertiary alicyclic amines) is 1. The Labute approximate surface area is 117 Å². The Morgan fingerprint density at radius 3 is 3.00 bits per heavy atom. The lowest BCUT2D eigenvalue weighted by atomic mass is 10.2. The van der Waals surface area contributed by atoms with Crippen LogP contribution in [0.5, 0.6) is 0 Å². The van der Waals surface area contributed by atoms with Gasteiger partial charge in [-0.15, -0.1) is 0 Å². The molecule has 1 saturated heterocycles. The molecule has 1 unspecified atom stereocenters. The van der Waals surface area contributed by atoms with Crippen LogP contribution in [0.3, 0.4) is 0 Å². The molecule has 2 rings (SSSR count). The highest BCUT2D eigenvalue weighted by Crippen LogP contribution is 2.23. The minimum Gasteiger partial charge on any atom is -0.321 e. The molecule has 100 valence electrons. The number of carbonyl (C=O) groups is 1. The smallest absolute Gasteiger partial charge is 0.275 e. The number of nitrogens with zero attached hydrogens (tertiary/aromatic N) is 4. The van der Waals surface area contributed by atoms with Crippen molar-refractivity contribution in [2.75, 3.05) is 6.54 Å². The van der Waals surface area contributed by atoms with Gasteiger partial charge in [0.2, 0.25) is 0 Å². The van der Waals surface area contributed by atoms with E-state index in [2.05, 4.69) is 16.0 Å². The van der Waals surface area contributed by atoms with E-state index in [1.807, 2.05) is 13.8 Å². The van der Waals surface area contributed by atoms with Gasteiger partial charge in [0, 0.05) is 12.5 Å². The molecule has 1 aliphatic heterocycles. The minimum absolute atomic E-state index is 0.120. The van der Waals surface area contributed by atoms with Crippen molar-refractivity contribution in [3.05, 3.63) is 22.7 Å². The fourth-order valence-electron chi connectivity index (χ4n) is 2.09. The third kappa shape index (κ3) is 2.69. The Morgan fingerprint density at radius 2 is 2.37 bits per heavy atom. The Kier molecular flexibility index (Phi) is 4.01. The first-order valence-corrected chi connectivity index (χ1v) is 6.65. The number of rotatable bonds is 2. The third-order valence-electron chi connectivity index (χ3n) is 3.14. The van der Waals surface area contributed by atoms with E-state index >= 15 is 0 Å². The normalized spacial score (nSPS) is 18.7. The highest BCUT2D eigenvalue weighted by atomic mass is 35.5. The number of amides is 1. The van der Waals surface area contributed by atoms with E-state index in [9.17, 15) is 4.79 Å². The lowest BCUT2D eigenvalue weighted by Gasteiger charge is -2.19. The topological polar surface area (TPSA) is 69.9 Å². The van der Waals surface area contributed by atoms with Crippen LogP contribution >= 0.6 is 11.6 Å². The van der Waals surface area contributed by atoms with Crippen LogP contribution < -0.4 is 0 Å². The van der Waals surface area contributed by atoms with E-state index in [-0.39, 0.29) is 28.6 Å². The van der Waals surface area contributed by atoms with Gasteiger partial charge in [-0.25, -0.2) is 9.97 Å². The molecule has 1 atom stereocenters. The van der Waals surface area contributed by atoms with Gasteiger partial charge >= 0.3 is 0 Å². The Morgan fingerprint density at radius 1 is 1.63 bits per heavy atom. The number of halogens is 1. The van der Waals surface area contributed by atoms with Crippen LogP contribution in [0.2, 0.25) is 5.02 Å². The molecule has 0 saturated carbocycles. The second kappa shape index (κ2) is 5.54. The van der Waals surface area contributed by atoms with Gasteiger partial charge in [0.15, 0.2) is 5.69 Å². The van der Waals surface area contributed by atoms with Gasteiger partial charge in [0.1, 0.15) is 11.9 Å². The van der Waals surface area contributed by atoms with Crippen molar-refractivity contribution in [2.45, 2.75) is 38.6 Å². The lowest BCUT2D eigenvalue weighted by Crippen LogP contribution is -2.35. The highest BCUT2D eigenvalue weighted by molar-refractivity contribution is 6.33. The molecule has 1 aromatic heterocycles. The zero-order valence-corrected chi connectivity index (χ0v) is 11.7. The summed E-state index contributed by atoms with van der Waals surface area (Å²) in [6, 6.07) is 1.77. The average molecular weight is 279 g/mol. The Bertz CT molecular complexity index is 538. The Hall–Kier alpha value is -1.67. The summed E-state index contributed by atoms with van der Waals surface area (Å²) < 4.78 is 0. The van der Waals surface area contributed by atoms with Gasteiger partial charge in [0.25, 0.3) is 5.91 Å². The maximum atomic E-state index is 12.4. The van der Waals surface area contributed by atoms with Gasteiger partial charge in [-0.3, -0.25) is 4.79 Å². The SMILES string of the molecule is CC(C)c1ncc(Cl)c(C(=O)N2CCCC2C#N)n1. The summed E-state index contributed by atoms with van der Waals surface area (Å²) >= 11 is 6.01. The van der Waals surface area contributed by atoms with Crippen LogP contribution in [0.25, 0.3) is 0 Å². The summed E-state index contributed by atoms with van der Waals surface area (Å²) in [4.78, 5) is 22.3. The molecular formula is C13H15ClN4O. The largest absolute Gasteiger partial charge is 0.321 e. The molecule has 5 nitrogen and oxygen atoms in total. The summed E-state index contributed by atoms with van der Waals surface area (Å²) in [6.45, 7) is 4.48. The molecule has 1 fully saturated rings. The van der Waals surface area contributed by atoms with Crippen molar-refractivity contribution in [3.8, 4) is 6.07 Å². The minimum atomic E-state index is -0.374. The van der Waals surface area contributed by atoms with Crippen LogP contribution in [0.1, 0.15) is 48.9 Å². The second-order valence-electron chi connectivity index (χ2n) is 4.87. The molecule has 2 heterocycles. The van der Waals surface area contributed by atoms with Crippen molar-refractivity contribution in [3.63, 3.8) is 0 Å². The number of hydrogen-bond acceptors (Lipinski definition) is 4. The van der Waals surface area contributed by atoms with Crippen LogP contribution in [0, 0.1) is 11.3 Å². The van der Waals surface area contributed by atoms with Crippen molar-refractivity contribution >= 4 is 17.5 Å². The summed E-state index contributed by atoms with van der Waals surface area (Å²) in [5.74, 6) is 0.424. The number of carbonyl (C=O) groups excluding carboxylic acids is 1. The molecule has 6 heteroatoms. The average Bonchev–Trinajstić information content (AvgIpc) is 2.86. The van der Waals surface area contributed by atoms with Crippen LogP contribution in [0.4, 0.5) is 0 Å². The fourth-order valence-corrected chi connectivity index (χ4v) is 2.26. The number of nitriles is 1. The van der Waals surface area contributed by atoms with E-state index in [0.717, 1.165) is 6.42 Å². The van der Waals surface area contributed by atoms with E-state index < -0.39 is 0 Å². The predicted octanol–water partition coefficient (Wildman–Crippen LogP) is 2.38. The summed E-state index contributed by atoms with van der Waals surface area (Å²) in [6.07, 6.45) is 3.00. The Balaban J connectivity index is 2.33. The molecule has 1 aliphatic rings. The first-order chi connectivity index (χ1) is 9.04. The molecule has 1 aromatic rings. The molecule has 0 spiro atoms. The lowest BCUT2D eigenvalue weighted by molar-refractivity contribution is 0.0758. The van der Waals surface area contributed by atoms with Crippen molar-refractivity contribution < 1.29 is 4.79 Å². The van der Waals surface area contributed by atoms with Gasteiger partial charge in [0.05, 0.1) is 17.3 Å². The number of aromatic nitrogens is 2.